The van der Waals surface area contributed by atoms with Gasteiger partial charge in [-0.3, -0.25) is 0 Å². The van der Waals surface area contributed by atoms with Crippen LogP contribution in [0.5, 0.6) is 0 Å². The molecule has 2 heterocycles. The summed E-state index contributed by atoms with van der Waals surface area (Å²) in [5.41, 5.74) is 5.38. The molecule has 5 aromatic carbocycles. The van der Waals surface area contributed by atoms with Crippen molar-refractivity contribution >= 4 is 31.5 Å². The van der Waals surface area contributed by atoms with Crippen LogP contribution >= 0.6 is 11.3 Å². The van der Waals surface area contributed by atoms with Crippen LogP contribution in [0.25, 0.3) is 65.2 Å². The Hall–Kier alpha value is -4.60. The van der Waals surface area contributed by atoms with Gasteiger partial charge in [-0.1, -0.05) is 121 Å². The van der Waals surface area contributed by atoms with Crippen molar-refractivity contribution in [1.82, 2.24) is 9.97 Å². The van der Waals surface area contributed by atoms with E-state index in [4.69, 9.17) is 16.8 Å². The van der Waals surface area contributed by atoms with Crippen molar-refractivity contribution in [1.29, 1.82) is 0 Å². The van der Waals surface area contributed by atoms with Gasteiger partial charge in [0.2, 0.25) is 0 Å². The molecule has 2 aromatic heterocycles. The molecule has 0 bridgehead atoms. The zero-order valence-corrected chi connectivity index (χ0v) is 20.4. The molecule has 7 rings (SSSR count). The van der Waals surface area contributed by atoms with E-state index in [0.29, 0.717) is 11.4 Å². The van der Waals surface area contributed by atoms with Crippen LogP contribution in [-0.2, 0) is 0 Å². The molecule has 0 atom stereocenters. The van der Waals surface area contributed by atoms with E-state index in [2.05, 4.69) is 12.1 Å². The molecule has 37 heavy (non-hydrogen) atoms. The molecule has 0 radical (unpaired) electrons. The molecule has 0 spiro atoms. The smallest absolute Gasteiger partial charge is 0.160 e. The zero-order valence-electron chi connectivity index (χ0n) is 24.6. The molecule has 7 aromatic rings. The Kier molecular flexibility index (Phi) is 4.18. The first-order valence-electron chi connectivity index (χ1n) is 14.4. The molecule has 0 fully saturated rings. The minimum absolute atomic E-state index is 0.203. The molecule has 0 N–H and O–H groups in total. The molecule has 3 heteroatoms. The van der Waals surface area contributed by atoms with Crippen molar-refractivity contribution in [3.05, 3.63) is 133 Å². The average molecular weight is 496 g/mol. The molecule has 0 aliphatic carbocycles. The van der Waals surface area contributed by atoms with Crippen molar-refractivity contribution in [2.45, 2.75) is 0 Å². The van der Waals surface area contributed by atoms with E-state index in [-0.39, 0.29) is 29.7 Å². The number of rotatable bonds is 4. The third-order valence-electron chi connectivity index (χ3n) is 6.39. The Balaban J connectivity index is 1.42. The molecule has 2 nitrogen and oxygen atoms in total. The summed E-state index contributed by atoms with van der Waals surface area (Å²) >= 11 is 1.53. The van der Waals surface area contributed by atoms with Crippen LogP contribution in [0.1, 0.15) is 6.85 Å². The molecule has 174 valence electrons. The van der Waals surface area contributed by atoms with Gasteiger partial charge < -0.3 is 0 Å². The van der Waals surface area contributed by atoms with Gasteiger partial charge in [-0.2, -0.15) is 0 Å². The summed E-state index contributed by atoms with van der Waals surface area (Å²) in [4.78, 5) is 9.92. The van der Waals surface area contributed by atoms with Crippen molar-refractivity contribution < 1.29 is 6.85 Å². The zero-order chi connectivity index (χ0) is 29.0. The minimum Gasteiger partial charge on any atom is -0.228 e. The standard InChI is InChI=1S/C34H22N2S/c1-4-11-23(12-5-1)27-17-10-18-29-28-20-19-26(21-32(28)37-33(27)29)34-35-30(24-13-6-2-7-14-24)22-31(36-34)25-15-8-3-9-16-25/h1-22H/i1D,4D,5D,11D,12D. The number of thiophene rings is 1. The van der Waals surface area contributed by atoms with E-state index in [1.54, 1.807) is 0 Å². The van der Waals surface area contributed by atoms with E-state index in [9.17, 15) is 0 Å². The third kappa shape index (κ3) is 4.00. The second-order valence-electron chi connectivity index (χ2n) is 8.69. The molecule has 0 aliphatic rings. The van der Waals surface area contributed by atoms with Crippen LogP contribution in [0, 0.1) is 0 Å². The highest BCUT2D eigenvalue weighted by Crippen LogP contribution is 2.41. The maximum atomic E-state index is 8.53. The fourth-order valence-electron chi connectivity index (χ4n) is 4.61. The summed E-state index contributed by atoms with van der Waals surface area (Å²) in [6.07, 6.45) is 0. The number of fused-ring (bicyclic) bond motifs is 3. The lowest BCUT2D eigenvalue weighted by Gasteiger charge is -2.09. The maximum Gasteiger partial charge on any atom is 0.160 e. The number of hydrogen-bond acceptors (Lipinski definition) is 3. The third-order valence-corrected chi connectivity index (χ3v) is 7.59. The van der Waals surface area contributed by atoms with Gasteiger partial charge in [0.25, 0.3) is 0 Å². The summed E-state index contributed by atoms with van der Waals surface area (Å²) in [5, 5.41) is 1.99. The predicted octanol–water partition coefficient (Wildman–Crippen LogP) is 9.51. The molecule has 0 amide bonds. The SMILES string of the molecule is [2H]c1c([2H])c([2H])c(-c2cccc3c2sc2cc(-c4nc(-c5ccccc5)cc(-c5ccccc5)n4)ccc23)c([2H])c1[2H]. The molecule has 0 aliphatic heterocycles. The summed E-state index contributed by atoms with van der Waals surface area (Å²) < 4.78 is 43.2. The predicted molar refractivity (Wildman–Crippen MR) is 157 cm³/mol. The molecular formula is C34H22N2S. The monoisotopic (exact) mass is 495 g/mol. The fourth-order valence-corrected chi connectivity index (χ4v) is 5.87. The maximum absolute atomic E-state index is 8.53. The summed E-state index contributed by atoms with van der Waals surface area (Å²) in [6, 6.07) is 32.5. The number of benzene rings is 5. The highest BCUT2D eigenvalue weighted by atomic mass is 32.1. The Bertz CT molecular complexity index is 2060. The topological polar surface area (TPSA) is 25.8 Å². The van der Waals surface area contributed by atoms with E-state index >= 15 is 0 Å². The lowest BCUT2D eigenvalue weighted by atomic mass is 10.0. The second kappa shape index (κ2) is 9.12. The van der Waals surface area contributed by atoms with Gasteiger partial charge in [0.05, 0.1) is 18.2 Å². The van der Waals surface area contributed by atoms with Crippen LogP contribution in [0.2, 0.25) is 0 Å². The largest absolute Gasteiger partial charge is 0.228 e. The summed E-state index contributed by atoms with van der Waals surface area (Å²) in [5.74, 6) is 0.611. The van der Waals surface area contributed by atoms with Gasteiger partial charge in [-0.05, 0) is 23.3 Å². The van der Waals surface area contributed by atoms with Crippen molar-refractivity contribution in [2.75, 3.05) is 0 Å². The van der Waals surface area contributed by atoms with Gasteiger partial charge in [0.1, 0.15) is 0 Å². The van der Waals surface area contributed by atoms with Crippen molar-refractivity contribution in [3.63, 3.8) is 0 Å². The number of aromatic nitrogens is 2. The van der Waals surface area contributed by atoms with Gasteiger partial charge >= 0.3 is 0 Å². The van der Waals surface area contributed by atoms with Crippen LogP contribution in [-0.4, -0.2) is 9.97 Å². The normalized spacial score (nSPS) is 13.1. The summed E-state index contributed by atoms with van der Waals surface area (Å²) in [7, 11) is 0. The van der Waals surface area contributed by atoms with Crippen LogP contribution in [0.4, 0.5) is 0 Å². The lowest BCUT2D eigenvalue weighted by Crippen LogP contribution is -1.95. The first kappa shape index (κ1) is 17.0. The highest BCUT2D eigenvalue weighted by Gasteiger charge is 2.14. The molecular weight excluding hydrogens is 468 g/mol. The van der Waals surface area contributed by atoms with Crippen LogP contribution < -0.4 is 0 Å². The summed E-state index contributed by atoms with van der Waals surface area (Å²) in [6.45, 7) is 0. The molecule has 0 saturated carbocycles. The van der Waals surface area contributed by atoms with E-state index in [1.807, 2.05) is 91.0 Å². The quantitative estimate of drug-likeness (QED) is 0.243. The molecule has 0 saturated heterocycles. The highest BCUT2D eigenvalue weighted by molar-refractivity contribution is 7.26. The Labute approximate surface area is 226 Å². The first-order valence-corrected chi connectivity index (χ1v) is 12.7. The van der Waals surface area contributed by atoms with Gasteiger partial charge in [0, 0.05) is 36.9 Å². The van der Waals surface area contributed by atoms with E-state index < -0.39 is 6.04 Å². The molecule has 0 unspecified atom stereocenters. The van der Waals surface area contributed by atoms with Crippen molar-refractivity contribution in [3.8, 4) is 45.0 Å². The minimum atomic E-state index is -0.394. The number of hydrogen-bond donors (Lipinski definition) is 0. The van der Waals surface area contributed by atoms with E-state index in [1.165, 1.54) is 11.3 Å². The Morgan fingerprint density at radius 3 is 1.89 bits per heavy atom. The van der Waals surface area contributed by atoms with E-state index in [0.717, 1.165) is 48.3 Å². The first-order chi connectivity index (χ1) is 20.4. The Morgan fingerprint density at radius 1 is 0.541 bits per heavy atom. The van der Waals surface area contributed by atoms with Gasteiger partial charge in [-0.25, -0.2) is 9.97 Å². The number of nitrogens with zero attached hydrogens (tertiary/aromatic N) is 2. The van der Waals surface area contributed by atoms with Crippen LogP contribution in [0.3, 0.4) is 0 Å². The second-order valence-corrected chi connectivity index (χ2v) is 9.74. The Morgan fingerprint density at radius 2 is 1.22 bits per heavy atom. The lowest BCUT2D eigenvalue weighted by molar-refractivity contribution is 1.18. The van der Waals surface area contributed by atoms with Crippen molar-refractivity contribution in [2.24, 2.45) is 0 Å². The van der Waals surface area contributed by atoms with Gasteiger partial charge in [-0.15, -0.1) is 11.3 Å². The van der Waals surface area contributed by atoms with Crippen LogP contribution in [0.15, 0.2) is 133 Å². The fraction of sp³-hybridized carbons (Fsp3) is 0. The van der Waals surface area contributed by atoms with Gasteiger partial charge in [0.15, 0.2) is 5.82 Å². The average Bonchev–Trinajstić information content (AvgIpc) is 3.42.